The van der Waals surface area contributed by atoms with Gasteiger partial charge in [-0.2, -0.15) is 0 Å². The second-order valence-electron chi connectivity index (χ2n) is 7.33. The molecule has 3 aromatic rings. The number of nitrogens with zero attached hydrogens (tertiary/aromatic N) is 2. The zero-order chi connectivity index (χ0) is 18.2. The van der Waals surface area contributed by atoms with E-state index < -0.39 is 0 Å². The highest BCUT2D eigenvalue weighted by Crippen LogP contribution is 2.39. The number of anilines is 1. The molecule has 0 amide bonds. The number of ether oxygens (including phenoxy) is 1. The van der Waals surface area contributed by atoms with E-state index in [-0.39, 0.29) is 0 Å². The first kappa shape index (κ1) is 16.1. The highest BCUT2D eigenvalue weighted by atomic mass is 16.5. The highest BCUT2D eigenvalue weighted by molar-refractivity contribution is 5.82. The maximum atomic E-state index is 6.04. The molecule has 134 valence electrons. The van der Waals surface area contributed by atoms with Gasteiger partial charge >= 0.3 is 0 Å². The van der Waals surface area contributed by atoms with Gasteiger partial charge in [-0.15, -0.1) is 0 Å². The SMILES string of the molecule is C=C1CN(c2cccc(Oc3cc4ccccc4cn3)c2)CCC1=C1CC1. The van der Waals surface area contributed by atoms with Gasteiger partial charge in [0.2, 0.25) is 5.88 Å². The third-order valence-electron chi connectivity index (χ3n) is 5.38. The van der Waals surface area contributed by atoms with Gasteiger partial charge in [0.05, 0.1) is 0 Å². The predicted molar refractivity (Wildman–Crippen MR) is 110 cm³/mol. The van der Waals surface area contributed by atoms with Crippen LogP contribution in [0.15, 0.2) is 84.1 Å². The van der Waals surface area contributed by atoms with Crippen molar-refractivity contribution in [3.63, 3.8) is 0 Å². The summed E-state index contributed by atoms with van der Waals surface area (Å²) >= 11 is 0. The molecule has 3 nitrogen and oxygen atoms in total. The molecule has 0 bridgehead atoms. The van der Waals surface area contributed by atoms with Crippen LogP contribution in [0, 0.1) is 0 Å². The van der Waals surface area contributed by atoms with Gasteiger partial charge in [0, 0.05) is 42.5 Å². The van der Waals surface area contributed by atoms with Crippen molar-refractivity contribution in [2.75, 3.05) is 18.0 Å². The third kappa shape index (κ3) is 3.33. The van der Waals surface area contributed by atoms with Crippen molar-refractivity contribution < 1.29 is 4.74 Å². The minimum atomic E-state index is 0.620. The summed E-state index contributed by atoms with van der Waals surface area (Å²) < 4.78 is 6.04. The molecule has 1 aliphatic carbocycles. The van der Waals surface area contributed by atoms with E-state index in [4.69, 9.17) is 4.74 Å². The monoisotopic (exact) mass is 354 g/mol. The van der Waals surface area contributed by atoms with Gasteiger partial charge < -0.3 is 9.64 Å². The molecular weight excluding hydrogens is 332 g/mol. The van der Waals surface area contributed by atoms with E-state index in [0.717, 1.165) is 36.0 Å². The first-order chi connectivity index (χ1) is 13.3. The van der Waals surface area contributed by atoms with E-state index in [2.05, 4.69) is 40.7 Å². The van der Waals surface area contributed by atoms with Crippen LogP contribution in [0.4, 0.5) is 5.69 Å². The van der Waals surface area contributed by atoms with Crippen molar-refractivity contribution in [3.8, 4) is 11.6 Å². The molecule has 2 fully saturated rings. The van der Waals surface area contributed by atoms with E-state index in [1.54, 1.807) is 5.57 Å². The average molecular weight is 354 g/mol. The summed E-state index contributed by atoms with van der Waals surface area (Å²) in [4.78, 5) is 6.82. The Hall–Kier alpha value is -3.07. The van der Waals surface area contributed by atoms with Crippen molar-refractivity contribution in [2.45, 2.75) is 19.3 Å². The first-order valence-corrected chi connectivity index (χ1v) is 9.53. The van der Waals surface area contributed by atoms with Crippen LogP contribution >= 0.6 is 0 Å². The molecule has 2 heterocycles. The molecular formula is C24H22N2O. The van der Waals surface area contributed by atoms with E-state index in [0.29, 0.717) is 5.88 Å². The van der Waals surface area contributed by atoms with Crippen LogP contribution in [0.3, 0.4) is 0 Å². The molecule has 5 rings (SSSR count). The number of rotatable bonds is 3. The normalized spacial score (nSPS) is 16.7. The Labute approximate surface area is 159 Å². The quantitative estimate of drug-likeness (QED) is 0.587. The lowest BCUT2D eigenvalue weighted by Gasteiger charge is -2.32. The molecule has 27 heavy (non-hydrogen) atoms. The zero-order valence-electron chi connectivity index (χ0n) is 15.3. The van der Waals surface area contributed by atoms with Crippen molar-refractivity contribution in [3.05, 3.63) is 84.1 Å². The van der Waals surface area contributed by atoms with Crippen LogP contribution in [-0.2, 0) is 0 Å². The summed E-state index contributed by atoms with van der Waals surface area (Å²) in [5, 5.41) is 2.25. The first-order valence-electron chi connectivity index (χ1n) is 9.53. The van der Waals surface area contributed by atoms with Crippen LogP contribution in [-0.4, -0.2) is 18.1 Å². The van der Waals surface area contributed by atoms with Crippen molar-refractivity contribution in [1.82, 2.24) is 4.98 Å². The smallest absolute Gasteiger partial charge is 0.219 e. The molecule has 0 radical (unpaired) electrons. The predicted octanol–water partition coefficient (Wildman–Crippen LogP) is 5.88. The van der Waals surface area contributed by atoms with E-state index >= 15 is 0 Å². The van der Waals surface area contributed by atoms with Gasteiger partial charge in [-0.25, -0.2) is 4.98 Å². The van der Waals surface area contributed by atoms with E-state index in [1.807, 2.05) is 36.5 Å². The average Bonchev–Trinajstić information content (AvgIpc) is 3.53. The van der Waals surface area contributed by atoms with Crippen LogP contribution in [0.5, 0.6) is 11.6 Å². The maximum Gasteiger partial charge on any atom is 0.219 e. The molecule has 0 unspecified atom stereocenters. The Morgan fingerprint density at radius 1 is 0.926 bits per heavy atom. The molecule has 2 aliphatic rings. The van der Waals surface area contributed by atoms with Crippen molar-refractivity contribution >= 4 is 16.5 Å². The number of hydrogen-bond donors (Lipinski definition) is 0. The Bertz CT molecular complexity index is 1060. The number of allylic oxidation sites excluding steroid dienone is 1. The second-order valence-corrected chi connectivity index (χ2v) is 7.33. The number of piperidine rings is 1. The summed E-state index contributed by atoms with van der Waals surface area (Å²) in [6, 6.07) is 18.4. The molecule has 1 saturated heterocycles. The molecule has 0 spiro atoms. The minimum absolute atomic E-state index is 0.620. The lowest BCUT2D eigenvalue weighted by Crippen LogP contribution is -2.32. The fourth-order valence-electron chi connectivity index (χ4n) is 3.82. The van der Waals surface area contributed by atoms with E-state index in [9.17, 15) is 0 Å². The molecule has 1 aromatic heterocycles. The largest absolute Gasteiger partial charge is 0.439 e. The van der Waals surface area contributed by atoms with Gasteiger partial charge in [0.15, 0.2) is 0 Å². The van der Waals surface area contributed by atoms with Gasteiger partial charge in [0.25, 0.3) is 0 Å². The summed E-state index contributed by atoms with van der Waals surface area (Å²) in [5.41, 5.74) is 5.60. The molecule has 0 N–H and O–H groups in total. The summed E-state index contributed by atoms with van der Waals surface area (Å²) in [7, 11) is 0. The molecule has 2 aromatic carbocycles. The molecule has 1 saturated carbocycles. The van der Waals surface area contributed by atoms with Crippen LogP contribution in [0.2, 0.25) is 0 Å². The fourth-order valence-corrected chi connectivity index (χ4v) is 3.82. The lowest BCUT2D eigenvalue weighted by atomic mass is 9.97. The molecule has 3 heteroatoms. The Morgan fingerprint density at radius 2 is 1.78 bits per heavy atom. The van der Waals surface area contributed by atoms with Gasteiger partial charge in [-0.1, -0.05) is 42.5 Å². The van der Waals surface area contributed by atoms with E-state index in [1.165, 1.54) is 29.7 Å². The van der Waals surface area contributed by atoms with Crippen molar-refractivity contribution in [2.24, 2.45) is 0 Å². The second kappa shape index (κ2) is 6.58. The van der Waals surface area contributed by atoms with Crippen molar-refractivity contribution in [1.29, 1.82) is 0 Å². The third-order valence-corrected chi connectivity index (χ3v) is 5.38. The lowest BCUT2D eigenvalue weighted by molar-refractivity contribution is 0.464. The Balaban J connectivity index is 1.35. The number of benzene rings is 2. The summed E-state index contributed by atoms with van der Waals surface area (Å²) in [6.45, 7) is 6.25. The number of pyridine rings is 1. The maximum absolute atomic E-state index is 6.04. The van der Waals surface area contributed by atoms with Crippen LogP contribution in [0.25, 0.3) is 10.8 Å². The summed E-state index contributed by atoms with van der Waals surface area (Å²) in [6.07, 6.45) is 5.51. The van der Waals surface area contributed by atoms with Gasteiger partial charge in [-0.05, 0) is 47.9 Å². The Morgan fingerprint density at radius 3 is 2.59 bits per heavy atom. The standard InChI is InChI=1S/C24H22N2O/c1-17-16-26(12-11-23(17)18-9-10-18)21-7-4-8-22(14-21)27-24-13-19-5-2-3-6-20(19)15-25-24/h2-8,13-15H,1,9-12,16H2. The topological polar surface area (TPSA) is 25.4 Å². The van der Waals surface area contributed by atoms with Crippen LogP contribution in [0.1, 0.15) is 19.3 Å². The molecule has 1 aliphatic heterocycles. The molecule has 0 atom stereocenters. The number of aromatic nitrogens is 1. The zero-order valence-corrected chi connectivity index (χ0v) is 15.3. The number of hydrogen-bond acceptors (Lipinski definition) is 3. The highest BCUT2D eigenvalue weighted by Gasteiger charge is 2.24. The number of fused-ring (bicyclic) bond motifs is 1. The minimum Gasteiger partial charge on any atom is -0.439 e. The van der Waals surface area contributed by atoms with Gasteiger partial charge in [0.1, 0.15) is 5.75 Å². The van der Waals surface area contributed by atoms with Crippen LogP contribution < -0.4 is 9.64 Å². The van der Waals surface area contributed by atoms with Gasteiger partial charge in [-0.3, -0.25) is 0 Å². The fraction of sp³-hybridized carbons (Fsp3) is 0.208. The summed E-state index contributed by atoms with van der Waals surface area (Å²) in [5.74, 6) is 1.43. The Kier molecular flexibility index (Phi) is 3.93.